The van der Waals surface area contributed by atoms with E-state index in [-0.39, 0.29) is 6.10 Å². The molecule has 4 atom stereocenters. The summed E-state index contributed by atoms with van der Waals surface area (Å²) < 4.78 is 5.91. The van der Waals surface area contributed by atoms with E-state index in [9.17, 15) is 10.2 Å². The Hall–Kier alpha value is -2.27. The molecule has 3 aromatic heterocycles. The molecule has 1 aliphatic heterocycles. The lowest BCUT2D eigenvalue weighted by Gasteiger charge is -2.36. The zero-order chi connectivity index (χ0) is 22.9. The molecule has 0 unspecified atom stereocenters. The second-order valence-corrected chi connectivity index (χ2v) is 10.5. The Kier molecular flexibility index (Phi) is 6.51. The van der Waals surface area contributed by atoms with Gasteiger partial charge in [0.25, 0.3) is 0 Å². The lowest BCUT2D eigenvalue weighted by atomic mass is 9.92. The summed E-state index contributed by atoms with van der Waals surface area (Å²) in [7, 11) is 0. The summed E-state index contributed by atoms with van der Waals surface area (Å²) >= 11 is 9.52. The molecule has 170 valence electrons. The number of benzene rings is 1. The van der Waals surface area contributed by atoms with Gasteiger partial charge in [-0.1, -0.05) is 35.1 Å². The first-order valence-electron chi connectivity index (χ1n) is 10.5. The van der Waals surface area contributed by atoms with E-state index in [1.54, 1.807) is 29.8 Å². The van der Waals surface area contributed by atoms with Crippen molar-refractivity contribution >= 4 is 34.3 Å². The molecule has 4 aromatic rings. The van der Waals surface area contributed by atoms with Crippen LogP contribution >= 0.6 is 34.3 Å². The molecule has 0 radical (unpaired) electrons. The molecule has 0 bridgehead atoms. The molecule has 7 nitrogen and oxygen atoms in total. The molecule has 1 aliphatic rings. The second-order valence-electron chi connectivity index (χ2n) is 7.96. The largest absolute Gasteiger partial charge is 0.390 e. The van der Waals surface area contributed by atoms with Crippen LogP contribution in [0.5, 0.6) is 0 Å². The van der Waals surface area contributed by atoms with Crippen molar-refractivity contribution < 1.29 is 14.9 Å². The van der Waals surface area contributed by atoms with Crippen LogP contribution in [0.1, 0.15) is 35.6 Å². The van der Waals surface area contributed by atoms with Crippen LogP contribution in [-0.2, 0) is 11.2 Å². The molecule has 1 aromatic carbocycles. The number of ether oxygens (including phenoxy) is 1. The number of pyridine rings is 1. The normalized spacial score (nSPS) is 23.0. The molecule has 0 spiro atoms. The van der Waals surface area contributed by atoms with E-state index in [4.69, 9.17) is 16.3 Å². The standard InChI is InChI=1S/C23H21ClN4O3S2/c1-12-8-17(29)20(30)21(31-12)14-2-3-16(24)15(9-14)10-19-27-28-23(33-19)18-11-26-22(32-18)13-4-6-25-7-5-13/h2-7,9,11-12,17,20-21,29-30H,8,10H2,1H3/t12-,17+,20-,21+/m1/s1. The summed E-state index contributed by atoms with van der Waals surface area (Å²) in [5.41, 5.74) is 2.66. The molecule has 5 rings (SSSR count). The number of hydrogen-bond acceptors (Lipinski definition) is 9. The first kappa shape index (κ1) is 22.5. The fourth-order valence-corrected chi connectivity index (χ4v) is 5.84. The maximum atomic E-state index is 10.4. The van der Waals surface area contributed by atoms with E-state index < -0.39 is 18.3 Å². The Labute approximate surface area is 203 Å². The fourth-order valence-electron chi connectivity index (χ4n) is 3.84. The molecule has 1 fully saturated rings. The van der Waals surface area contributed by atoms with Crippen LogP contribution in [0.25, 0.3) is 20.5 Å². The van der Waals surface area contributed by atoms with E-state index in [0.29, 0.717) is 17.9 Å². The molecule has 33 heavy (non-hydrogen) atoms. The third kappa shape index (κ3) is 4.84. The van der Waals surface area contributed by atoms with Crippen LogP contribution in [0.4, 0.5) is 0 Å². The lowest BCUT2D eigenvalue weighted by Crippen LogP contribution is -2.42. The van der Waals surface area contributed by atoms with Gasteiger partial charge < -0.3 is 14.9 Å². The first-order chi connectivity index (χ1) is 16.0. The molecule has 4 heterocycles. The van der Waals surface area contributed by atoms with E-state index in [1.165, 1.54) is 11.3 Å². The van der Waals surface area contributed by atoms with Crippen molar-refractivity contribution in [2.75, 3.05) is 0 Å². The van der Waals surface area contributed by atoms with Gasteiger partial charge in [-0.15, -0.1) is 21.5 Å². The van der Waals surface area contributed by atoms with Crippen LogP contribution in [0.3, 0.4) is 0 Å². The minimum atomic E-state index is -0.982. The molecular weight excluding hydrogens is 480 g/mol. The van der Waals surface area contributed by atoms with Crippen molar-refractivity contribution in [3.05, 3.63) is 70.1 Å². The van der Waals surface area contributed by atoms with Crippen LogP contribution in [0.15, 0.2) is 48.9 Å². The summed E-state index contributed by atoms with van der Waals surface area (Å²) in [6.45, 7) is 1.89. The Bertz CT molecular complexity index is 1250. The third-order valence-electron chi connectivity index (χ3n) is 5.51. The van der Waals surface area contributed by atoms with Gasteiger partial charge in [-0.3, -0.25) is 4.98 Å². The van der Waals surface area contributed by atoms with E-state index in [2.05, 4.69) is 20.2 Å². The fraction of sp³-hybridized carbons (Fsp3) is 0.304. The van der Waals surface area contributed by atoms with Crippen molar-refractivity contribution in [1.29, 1.82) is 0 Å². The average molecular weight is 501 g/mol. The van der Waals surface area contributed by atoms with Gasteiger partial charge in [-0.2, -0.15) is 0 Å². The molecule has 0 amide bonds. The first-order valence-corrected chi connectivity index (χ1v) is 12.5. The van der Waals surface area contributed by atoms with Gasteiger partial charge >= 0.3 is 0 Å². The number of hydrogen-bond donors (Lipinski definition) is 2. The zero-order valence-electron chi connectivity index (χ0n) is 17.6. The summed E-state index contributed by atoms with van der Waals surface area (Å²) in [5.74, 6) is 0. The van der Waals surface area contributed by atoms with E-state index in [0.717, 1.165) is 36.6 Å². The highest BCUT2D eigenvalue weighted by atomic mass is 35.5. The lowest BCUT2D eigenvalue weighted by molar-refractivity contribution is -0.166. The highest BCUT2D eigenvalue weighted by Crippen LogP contribution is 2.36. The third-order valence-corrected chi connectivity index (χ3v) is 8.01. The van der Waals surface area contributed by atoms with E-state index in [1.807, 2.05) is 37.4 Å². The van der Waals surface area contributed by atoms with Crippen molar-refractivity contribution in [2.24, 2.45) is 0 Å². The predicted molar refractivity (Wildman–Crippen MR) is 128 cm³/mol. The number of halogens is 1. The zero-order valence-corrected chi connectivity index (χ0v) is 20.0. The number of aliphatic hydroxyl groups excluding tert-OH is 2. The van der Waals surface area contributed by atoms with Crippen LogP contribution in [0.2, 0.25) is 5.02 Å². The number of aromatic nitrogens is 4. The Morgan fingerprint density at radius 1 is 1.09 bits per heavy atom. The number of rotatable bonds is 5. The van der Waals surface area contributed by atoms with Crippen molar-refractivity contribution in [2.45, 2.75) is 44.2 Å². The molecule has 10 heteroatoms. The maximum Gasteiger partial charge on any atom is 0.159 e. The van der Waals surface area contributed by atoms with Gasteiger partial charge in [0.1, 0.15) is 22.2 Å². The molecule has 0 saturated carbocycles. The number of aliphatic hydroxyl groups is 2. The van der Waals surface area contributed by atoms with Gasteiger partial charge in [0.2, 0.25) is 0 Å². The highest BCUT2D eigenvalue weighted by Gasteiger charge is 2.36. The molecule has 1 saturated heterocycles. The van der Waals surface area contributed by atoms with Gasteiger partial charge in [-0.05, 0) is 36.2 Å². The Morgan fingerprint density at radius 2 is 1.91 bits per heavy atom. The smallest absolute Gasteiger partial charge is 0.159 e. The maximum absolute atomic E-state index is 10.4. The van der Waals surface area contributed by atoms with Crippen molar-refractivity contribution in [1.82, 2.24) is 20.2 Å². The van der Waals surface area contributed by atoms with Gasteiger partial charge in [0.05, 0.1) is 17.1 Å². The number of thiazole rings is 1. The van der Waals surface area contributed by atoms with Gasteiger partial charge in [0, 0.05) is 42.0 Å². The summed E-state index contributed by atoms with van der Waals surface area (Å²) in [6, 6.07) is 9.38. The van der Waals surface area contributed by atoms with Crippen LogP contribution in [-0.4, -0.2) is 48.7 Å². The molecule has 2 N–H and O–H groups in total. The Morgan fingerprint density at radius 3 is 2.73 bits per heavy atom. The molecule has 0 aliphatic carbocycles. The molecular formula is C23H21ClN4O3S2. The van der Waals surface area contributed by atoms with Crippen molar-refractivity contribution in [3.63, 3.8) is 0 Å². The van der Waals surface area contributed by atoms with E-state index >= 15 is 0 Å². The topological polar surface area (TPSA) is 101 Å². The van der Waals surface area contributed by atoms with Crippen molar-refractivity contribution in [3.8, 4) is 20.5 Å². The van der Waals surface area contributed by atoms with Crippen LogP contribution in [0, 0.1) is 0 Å². The Balaban J connectivity index is 1.36. The SMILES string of the molecule is C[C@@H]1C[C@H](O)[C@@H](O)[C@H](c2ccc(Cl)c(Cc3nnc(-c4cnc(-c5ccncc5)s4)s3)c2)O1. The average Bonchev–Trinajstić information content (AvgIpc) is 3.48. The minimum absolute atomic E-state index is 0.144. The number of nitrogens with zero attached hydrogens (tertiary/aromatic N) is 4. The highest BCUT2D eigenvalue weighted by molar-refractivity contribution is 7.23. The van der Waals surface area contributed by atoms with Gasteiger partial charge in [0.15, 0.2) is 5.01 Å². The quantitative estimate of drug-likeness (QED) is 0.415. The monoisotopic (exact) mass is 500 g/mol. The van der Waals surface area contributed by atoms with Crippen LogP contribution < -0.4 is 0 Å². The summed E-state index contributed by atoms with van der Waals surface area (Å²) in [6.07, 6.45) is 3.67. The minimum Gasteiger partial charge on any atom is -0.390 e. The summed E-state index contributed by atoms with van der Waals surface area (Å²) in [4.78, 5) is 9.50. The summed E-state index contributed by atoms with van der Waals surface area (Å²) in [5, 5.41) is 32.4. The van der Waals surface area contributed by atoms with Gasteiger partial charge in [-0.25, -0.2) is 4.98 Å². The second kappa shape index (κ2) is 9.54. The predicted octanol–water partition coefficient (Wildman–Crippen LogP) is 4.54.